The molecule has 3 nitrogen and oxygen atoms in total. The van der Waals surface area contributed by atoms with Gasteiger partial charge in [0, 0.05) is 16.0 Å². The Hall–Kier alpha value is -1.39. The number of carbonyl (C=O) groups is 1. The number of rotatable bonds is 5. The molecule has 0 aliphatic rings. The topological polar surface area (TPSA) is 46.5 Å². The zero-order chi connectivity index (χ0) is 14.0. The van der Waals surface area contributed by atoms with Crippen LogP contribution in [-0.2, 0) is 16.0 Å². The Morgan fingerprint density at radius 2 is 2.11 bits per heavy atom. The average Bonchev–Trinajstić information content (AvgIpc) is 2.69. The lowest BCUT2D eigenvalue weighted by Gasteiger charge is -2.27. The van der Waals surface area contributed by atoms with Crippen molar-refractivity contribution < 1.29 is 14.6 Å². The number of thiophene rings is 1. The summed E-state index contributed by atoms with van der Waals surface area (Å²) in [5, 5.41) is 10.5. The van der Waals surface area contributed by atoms with E-state index in [4.69, 9.17) is 4.74 Å². The molecule has 1 N–H and O–H groups in total. The number of carboxylic acid groups (broad SMARTS) is 1. The molecule has 0 radical (unpaired) electrons. The van der Waals surface area contributed by atoms with Gasteiger partial charge in [-0.2, -0.15) is 0 Å². The molecule has 2 rings (SSSR count). The smallest absolute Gasteiger partial charge is 0.336 e. The quantitative estimate of drug-likeness (QED) is 0.907. The van der Waals surface area contributed by atoms with E-state index in [9.17, 15) is 9.90 Å². The second kappa shape index (κ2) is 5.31. The monoisotopic (exact) mass is 278 g/mol. The van der Waals surface area contributed by atoms with E-state index in [1.54, 1.807) is 18.3 Å². The van der Waals surface area contributed by atoms with E-state index in [1.165, 1.54) is 4.70 Å². The van der Waals surface area contributed by atoms with Crippen LogP contribution in [-0.4, -0.2) is 22.8 Å². The second-order valence-electron chi connectivity index (χ2n) is 5.13. The molecule has 1 aromatic heterocycles. The van der Waals surface area contributed by atoms with Gasteiger partial charge >= 0.3 is 5.97 Å². The van der Waals surface area contributed by atoms with E-state index in [0.717, 1.165) is 10.3 Å². The molecular weight excluding hydrogens is 260 g/mol. The number of ether oxygens (including phenoxy) is 1. The molecule has 102 valence electrons. The van der Waals surface area contributed by atoms with Crippen LogP contribution in [0.25, 0.3) is 10.1 Å². The fourth-order valence-corrected chi connectivity index (χ4v) is 3.35. The summed E-state index contributed by atoms with van der Waals surface area (Å²) >= 11 is 1.63. The largest absolute Gasteiger partial charge is 0.479 e. The van der Waals surface area contributed by atoms with Gasteiger partial charge in [0.2, 0.25) is 0 Å². The number of carboxylic acids is 1. The van der Waals surface area contributed by atoms with Crippen molar-refractivity contribution in [1.82, 2.24) is 0 Å². The van der Waals surface area contributed by atoms with Crippen molar-refractivity contribution in [3.05, 3.63) is 35.2 Å². The third-order valence-electron chi connectivity index (χ3n) is 2.94. The molecule has 1 atom stereocenters. The molecule has 0 aliphatic carbocycles. The normalized spacial score (nSPS) is 14.7. The summed E-state index contributed by atoms with van der Waals surface area (Å²) in [4.78, 5) is 12.5. The van der Waals surface area contributed by atoms with E-state index in [2.05, 4.69) is 0 Å². The van der Waals surface area contributed by atoms with Crippen molar-refractivity contribution in [2.45, 2.75) is 38.9 Å². The number of aliphatic carboxylic acids is 1. The van der Waals surface area contributed by atoms with Gasteiger partial charge in [0.1, 0.15) is 0 Å². The first-order valence-electron chi connectivity index (χ1n) is 6.29. The highest BCUT2D eigenvalue weighted by atomic mass is 32.1. The molecular formula is C15H18O3S. The van der Waals surface area contributed by atoms with Gasteiger partial charge in [-0.3, -0.25) is 0 Å². The highest BCUT2D eigenvalue weighted by Gasteiger charge is 2.36. The van der Waals surface area contributed by atoms with Crippen LogP contribution in [0.15, 0.2) is 30.3 Å². The van der Waals surface area contributed by atoms with Crippen LogP contribution in [0.2, 0.25) is 0 Å². The third-order valence-corrected chi connectivity index (χ3v) is 4.05. The van der Waals surface area contributed by atoms with Crippen molar-refractivity contribution in [2.24, 2.45) is 0 Å². The zero-order valence-electron chi connectivity index (χ0n) is 11.3. The molecule has 0 saturated carbocycles. The van der Waals surface area contributed by atoms with E-state index in [0.29, 0.717) is 6.42 Å². The van der Waals surface area contributed by atoms with Gasteiger partial charge in [-0.1, -0.05) is 18.2 Å². The maximum absolute atomic E-state index is 11.5. The molecule has 1 unspecified atom stereocenters. The number of hydrogen-bond donors (Lipinski definition) is 1. The molecule has 1 heterocycles. The Morgan fingerprint density at radius 3 is 2.68 bits per heavy atom. The first-order chi connectivity index (χ1) is 8.90. The van der Waals surface area contributed by atoms with Crippen molar-refractivity contribution in [2.75, 3.05) is 0 Å². The number of hydrogen-bond acceptors (Lipinski definition) is 3. The van der Waals surface area contributed by atoms with Crippen molar-refractivity contribution in [3.63, 3.8) is 0 Å². The Bertz CT molecular complexity index is 555. The minimum Gasteiger partial charge on any atom is -0.479 e. The maximum Gasteiger partial charge on any atom is 0.336 e. The summed E-state index contributed by atoms with van der Waals surface area (Å²) in [6.07, 6.45) is 0.273. The van der Waals surface area contributed by atoms with Crippen molar-refractivity contribution in [1.29, 1.82) is 0 Å². The Kier molecular flexibility index (Phi) is 3.92. The zero-order valence-corrected chi connectivity index (χ0v) is 12.2. The van der Waals surface area contributed by atoms with E-state index < -0.39 is 11.6 Å². The molecule has 0 bridgehead atoms. The summed E-state index contributed by atoms with van der Waals surface area (Å²) in [6.45, 7) is 5.35. The molecule has 0 spiro atoms. The molecule has 1 aromatic carbocycles. The molecule has 0 aliphatic heterocycles. The van der Waals surface area contributed by atoms with Crippen LogP contribution in [0.5, 0.6) is 0 Å². The predicted octanol–water partition coefficient (Wildman–Crippen LogP) is 3.71. The molecule has 2 aromatic rings. The third kappa shape index (κ3) is 3.14. The van der Waals surface area contributed by atoms with Crippen LogP contribution in [0.3, 0.4) is 0 Å². The predicted molar refractivity (Wildman–Crippen MR) is 77.8 cm³/mol. The van der Waals surface area contributed by atoms with Gasteiger partial charge in [0.15, 0.2) is 5.60 Å². The van der Waals surface area contributed by atoms with E-state index in [1.807, 2.05) is 44.2 Å². The SMILES string of the molecule is CC(C)OC(C)(Cc1cc2ccccc2s1)C(=O)O. The summed E-state index contributed by atoms with van der Waals surface area (Å²) in [7, 11) is 0. The van der Waals surface area contributed by atoms with Gasteiger partial charge in [-0.05, 0) is 38.3 Å². The van der Waals surface area contributed by atoms with Crippen LogP contribution >= 0.6 is 11.3 Å². The van der Waals surface area contributed by atoms with Gasteiger partial charge in [-0.15, -0.1) is 11.3 Å². The fraction of sp³-hybridized carbons (Fsp3) is 0.400. The van der Waals surface area contributed by atoms with E-state index >= 15 is 0 Å². The van der Waals surface area contributed by atoms with Crippen LogP contribution in [0.4, 0.5) is 0 Å². The van der Waals surface area contributed by atoms with E-state index in [-0.39, 0.29) is 6.10 Å². The molecule has 0 saturated heterocycles. The molecule has 4 heteroatoms. The fourth-order valence-electron chi connectivity index (χ4n) is 2.14. The lowest BCUT2D eigenvalue weighted by molar-refractivity contribution is -0.168. The first-order valence-corrected chi connectivity index (χ1v) is 7.11. The highest BCUT2D eigenvalue weighted by molar-refractivity contribution is 7.19. The van der Waals surface area contributed by atoms with Gasteiger partial charge in [-0.25, -0.2) is 4.79 Å². The summed E-state index contributed by atoms with van der Waals surface area (Å²) in [5.41, 5.74) is -1.17. The number of benzene rings is 1. The second-order valence-corrected chi connectivity index (χ2v) is 6.30. The van der Waals surface area contributed by atoms with Crippen molar-refractivity contribution >= 4 is 27.4 Å². The number of fused-ring (bicyclic) bond motifs is 1. The first kappa shape index (κ1) is 14.0. The lowest BCUT2D eigenvalue weighted by Crippen LogP contribution is -2.42. The van der Waals surface area contributed by atoms with Crippen molar-refractivity contribution in [3.8, 4) is 0 Å². The summed E-state index contributed by atoms with van der Waals surface area (Å²) in [6, 6.07) is 10.1. The van der Waals surface area contributed by atoms with Gasteiger partial charge < -0.3 is 9.84 Å². The van der Waals surface area contributed by atoms with Gasteiger partial charge in [0.05, 0.1) is 6.10 Å². The molecule has 19 heavy (non-hydrogen) atoms. The van der Waals surface area contributed by atoms with Crippen LogP contribution in [0.1, 0.15) is 25.6 Å². The minimum absolute atomic E-state index is 0.115. The van der Waals surface area contributed by atoms with Crippen LogP contribution < -0.4 is 0 Å². The van der Waals surface area contributed by atoms with Gasteiger partial charge in [0.25, 0.3) is 0 Å². The molecule has 0 fully saturated rings. The highest BCUT2D eigenvalue weighted by Crippen LogP contribution is 2.30. The lowest BCUT2D eigenvalue weighted by atomic mass is 10.0. The Balaban J connectivity index is 2.28. The molecule has 0 amide bonds. The minimum atomic E-state index is -1.17. The average molecular weight is 278 g/mol. The Morgan fingerprint density at radius 1 is 1.42 bits per heavy atom. The Labute approximate surface area is 116 Å². The summed E-state index contributed by atoms with van der Waals surface area (Å²) < 4.78 is 6.78. The standard InChI is InChI=1S/C15H18O3S/c1-10(2)18-15(3,14(16)17)9-12-8-11-6-4-5-7-13(11)19-12/h4-8,10H,9H2,1-3H3,(H,16,17). The van der Waals surface area contributed by atoms with Crippen LogP contribution in [0, 0.1) is 0 Å². The maximum atomic E-state index is 11.5. The summed E-state index contributed by atoms with van der Waals surface area (Å²) in [5.74, 6) is -0.918.